The number of carbonyl (C=O) groups is 2. The van der Waals surface area contributed by atoms with Gasteiger partial charge in [0.1, 0.15) is 11.5 Å². The van der Waals surface area contributed by atoms with Gasteiger partial charge in [-0.05, 0) is 44.2 Å². The Hall–Kier alpha value is -2.50. The predicted octanol–water partition coefficient (Wildman–Crippen LogP) is 3.45. The molecule has 0 bridgehead atoms. The van der Waals surface area contributed by atoms with Gasteiger partial charge in [0, 0.05) is 32.5 Å². The average molecular weight is 374 g/mol. The van der Waals surface area contributed by atoms with Crippen molar-refractivity contribution in [1.29, 1.82) is 0 Å². The Kier molecular flexibility index (Phi) is 8.17. The molecule has 0 saturated carbocycles. The van der Waals surface area contributed by atoms with Crippen LogP contribution in [-0.4, -0.2) is 39.1 Å². The lowest BCUT2D eigenvalue weighted by Gasteiger charge is -2.23. The van der Waals surface area contributed by atoms with E-state index in [-0.39, 0.29) is 18.2 Å². The maximum absolute atomic E-state index is 12.2. The fraction of sp³-hybridized carbons (Fsp3) is 0.524. The van der Waals surface area contributed by atoms with Crippen LogP contribution in [0.2, 0.25) is 0 Å². The maximum atomic E-state index is 12.2. The Labute approximate surface area is 161 Å². The summed E-state index contributed by atoms with van der Waals surface area (Å²) < 4.78 is 10.6. The van der Waals surface area contributed by atoms with Gasteiger partial charge in [-0.15, -0.1) is 0 Å². The van der Waals surface area contributed by atoms with Gasteiger partial charge in [0.05, 0.1) is 19.9 Å². The van der Waals surface area contributed by atoms with E-state index >= 15 is 0 Å². The van der Waals surface area contributed by atoms with Crippen molar-refractivity contribution in [3.63, 3.8) is 0 Å². The number of ether oxygens (including phenoxy) is 2. The van der Waals surface area contributed by atoms with E-state index < -0.39 is 0 Å². The summed E-state index contributed by atoms with van der Waals surface area (Å²) in [5, 5.41) is 2.95. The van der Waals surface area contributed by atoms with Gasteiger partial charge in [-0.25, -0.2) is 0 Å². The smallest absolute Gasteiger partial charge is 0.223 e. The molecule has 0 aliphatic heterocycles. The van der Waals surface area contributed by atoms with Gasteiger partial charge < -0.3 is 19.7 Å². The summed E-state index contributed by atoms with van der Waals surface area (Å²) >= 11 is 0. The second-order valence-electron chi connectivity index (χ2n) is 6.67. The summed E-state index contributed by atoms with van der Waals surface area (Å²) in [7, 11) is 3.12. The first-order chi connectivity index (χ1) is 13.0. The van der Waals surface area contributed by atoms with E-state index in [0.29, 0.717) is 30.3 Å². The molecule has 0 radical (unpaired) electrons. The first kappa shape index (κ1) is 20.8. The van der Waals surface area contributed by atoms with Crippen LogP contribution in [0.1, 0.15) is 45.4 Å². The number of methoxy groups -OCH3 is 2. The molecule has 1 aliphatic carbocycles. The second kappa shape index (κ2) is 10.6. The Bertz CT molecular complexity index is 685. The summed E-state index contributed by atoms with van der Waals surface area (Å²) in [4.78, 5) is 25.8. The molecule has 1 aliphatic rings. The van der Waals surface area contributed by atoms with Crippen LogP contribution < -0.4 is 19.7 Å². The maximum Gasteiger partial charge on any atom is 0.223 e. The molecule has 6 heteroatoms. The van der Waals surface area contributed by atoms with Crippen LogP contribution in [0.3, 0.4) is 0 Å². The molecule has 1 aromatic rings. The van der Waals surface area contributed by atoms with Gasteiger partial charge in [0.2, 0.25) is 11.8 Å². The van der Waals surface area contributed by atoms with Crippen molar-refractivity contribution in [2.24, 2.45) is 0 Å². The zero-order valence-corrected chi connectivity index (χ0v) is 16.5. The van der Waals surface area contributed by atoms with E-state index in [9.17, 15) is 9.59 Å². The predicted molar refractivity (Wildman–Crippen MR) is 106 cm³/mol. The lowest BCUT2D eigenvalue weighted by Crippen LogP contribution is -2.34. The zero-order chi connectivity index (χ0) is 19.6. The summed E-state index contributed by atoms with van der Waals surface area (Å²) in [6.45, 7) is 2.43. The largest absolute Gasteiger partial charge is 0.497 e. The third-order valence-electron chi connectivity index (χ3n) is 4.77. The minimum atomic E-state index is -0.140. The topological polar surface area (TPSA) is 67.9 Å². The highest BCUT2D eigenvalue weighted by atomic mass is 16.5. The summed E-state index contributed by atoms with van der Waals surface area (Å²) in [6, 6.07) is 5.27. The molecule has 1 N–H and O–H groups in total. The molecule has 0 atom stereocenters. The van der Waals surface area contributed by atoms with Crippen molar-refractivity contribution in [2.45, 2.75) is 45.4 Å². The number of nitrogens with one attached hydrogen (secondary N) is 1. The number of nitrogens with zero attached hydrogens (tertiary/aromatic N) is 1. The minimum absolute atomic E-state index is 0.0508. The molecule has 0 unspecified atom stereocenters. The Morgan fingerprint density at radius 3 is 2.63 bits per heavy atom. The number of amides is 2. The monoisotopic (exact) mass is 374 g/mol. The molecule has 0 fully saturated rings. The Morgan fingerprint density at radius 2 is 2.00 bits per heavy atom. The fourth-order valence-corrected chi connectivity index (χ4v) is 3.25. The van der Waals surface area contributed by atoms with E-state index in [0.717, 1.165) is 19.3 Å². The molecule has 148 valence electrons. The molecule has 2 rings (SSSR count). The molecule has 0 aromatic heterocycles. The highest BCUT2D eigenvalue weighted by Gasteiger charge is 2.18. The zero-order valence-electron chi connectivity index (χ0n) is 16.5. The molecule has 0 heterocycles. The van der Waals surface area contributed by atoms with Crippen LogP contribution in [0.5, 0.6) is 11.5 Å². The third-order valence-corrected chi connectivity index (χ3v) is 4.77. The number of anilines is 1. The first-order valence-electron chi connectivity index (χ1n) is 9.50. The molecule has 27 heavy (non-hydrogen) atoms. The van der Waals surface area contributed by atoms with E-state index in [1.807, 2.05) is 0 Å². The molecule has 6 nitrogen and oxygen atoms in total. The fourth-order valence-electron chi connectivity index (χ4n) is 3.25. The van der Waals surface area contributed by atoms with Crippen LogP contribution in [0.25, 0.3) is 0 Å². The van der Waals surface area contributed by atoms with Gasteiger partial charge in [-0.2, -0.15) is 0 Å². The van der Waals surface area contributed by atoms with Crippen LogP contribution in [0, 0.1) is 0 Å². The summed E-state index contributed by atoms with van der Waals surface area (Å²) in [5.41, 5.74) is 2.07. The van der Waals surface area contributed by atoms with Crippen LogP contribution in [0.15, 0.2) is 29.8 Å². The number of benzene rings is 1. The molecular formula is C21H30N2O4. The van der Waals surface area contributed by atoms with Gasteiger partial charge in [0.25, 0.3) is 0 Å². The van der Waals surface area contributed by atoms with Crippen LogP contribution >= 0.6 is 0 Å². The minimum Gasteiger partial charge on any atom is -0.497 e. The van der Waals surface area contributed by atoms with Crippen molar-refractivity contribution in [3.05, 3.63) is 29.8 Å². The van der Waals surface area contributed by atoms with Crippen LogP contribution in [-0.2, 0) is 9.59 Å². The molecule has 1 aromatic carbocycles. The molecular weight excluding hydrogens is 344 g/mol. The standard InChI is InChI=1S/C21H30N2O4/c1-16(24)23(19-10-9-18(26-2)15-20(19)27-3)14-12-21(25)22-13-11-17-7-5-4-6-8-17/h7,9-10,15H,4-6,8,11-14H2,1-3H3,(H,22,25). The third kappa shape index (κ3) is 6.31. The lowest BCUT2D eigenvalue weighted by molar-refractivity contribution is -0.121. The number of hydrogen-bond acceptors (Lipinski definition) is 4. The van der Waals surface area contributed by atoms with E-state index in [2.05, 4.69) is 11.4 Å². The van der Waals surface area contributed by atoms with Crippen molar-refractivity contribution < 1.29 is 19.1 Å². The first-order valence-corrected chi connectivity index (χ1v) is 9.50. The van der Waals surface area contributed by atoms with Gasteiger partial charge in [0.15, 0.2) is 0 Å². The summed E-state index contributed by atoms with van der Waals surface area (Å²) in [5.74, 6) is 0.992. The Balaban J connectivity index is 1.89. The van der Waals surface area contributed by atoms with Crippen molar-refractivity contribution >= 4 is 17.5 Å². The van der Waals surface area contributed by atoms with Gasteiger partial charge >= 0.3 is 0 Å². The van der Waals surface area contributed by atoms with Gasteiger partial charge in [-0.3, -0.25) is 9.59 Å². The number of allylic oxidation sites excluding steroid dienone is 1. The highest BCUT2D eigenvalue weighted by Crippen LogP contribution is 2.32. The SMILES string of the molecule is COc1ccc(N(CCC(=O)NCCC2=CCCCC2)C(C)=O)c(OC)c1. The molecule has 2 amide bonds. The van der Waals surface area contributed by atoms with Crippen LogP contribution in [0.4, 0.5) is 5.69 Å². The highest BCUT2D eigenvalue weighted by molar-refractivity contribution is 5.94. The number of hydrogen-bond donors (Lipinski definition) is 1. The lowest BCUT2D eigenvalue weighted by atomic mass is 9.97. The second-order valence-corrected chi connectivity index (χ2v) is 6.67. The Morgan fingerprint density at radius 1 is 1.19 bits per heavy atom. The average Bonchev–Trinajstić information content (AvgIpc) is 2.68. The summed E-state index contributed by atoms with van der Waals surface area (Å²) in [6.07, 6.45) is 8.26. The van der Waals surface area contributed by atoms with E-state index in [4.69, 9.17) is 9.47 Å². The molecule has 0 saturated heterocycles. The van der Waals surface area contributed by atoms with E-state index in [1.165, 1.54) is 25.3 Å². The van der Waals surface area contributed by atoms with Crippen molar-refractivity contribution in [2.75, 3.05) is 32.2 Å². The number of rotatable bonds is 9. The normalized spacial score (nSPS) is 13.5. The van der Waals surface area contributed by atoms with Gasteiger partial charge in [-0.1, -0.05) is 11.6 Å². The van der Waals surface area contributed by atoms with Crippen molar-refractivity contribution in [3.8, 4) is 11.5 Å². The molecule has 0 spiro atoms. The quantitative estimate of drug-likeness (QED) is 0.672. The number of carbonyl (C=O) groups excluding carboxylic acids is 2. The van der Waals surface area contributed by atoms with E-state index in [1.54, 1.807) is 37.3 Å². The van der Waals surface area contributed by atoms with Crippen molar-refractivity contribution in [1.82, 2.24) is 5.32 Å².